The third-order valence-corrected chi connectivity index (χ3v) is 4.09. The number of fused-ring (bicyclic) bond motifs is 1. The first-order chi connectivity index (χ1) is 15.1. The Hall–Kier alpha value is -4.14. The molecule has 9 nitrogen and oxygen atoms in total. The van der Waals surface area contributed by atoms with Crippen molar-refractivity contribution in [2.45, 2.75) is 33.8 Å². The number of carbonyl (C=O) groups excluding carboxylic acids is 4. The fourth-order valence-electron chi connectivity index (χ4n) is 3.06. The molecule has 166 valence electrons. The zero-order valence-electron chi connectivity index (χ0n) is 17.8. The molecule has 0 aliphatic carbocycles. The smallest absolute Gasteiger partial charge is 0.308 e. The van der Waals surface area contributed by atoms with Crippen molar-refractivity contribution in [3.05, 3.63) is 53.6 Å². The van der Waals surface area contributed by atoms with Crippen LogP contribution in [0.15, 0.2) is 42.5 Å². The largest absolute Gasteiger partial charge is 0.456 e. The van der Waals surface area contributed by atoms with E-state index in [1.54, 1.807) is 30.3 Å². The maximum Gasteiger partial charge on any atom is 0.308 e. The van der Waals surface area contributed by atoms with Gasteiger partial charge in [0.05, 0.1) is 5.56 Å². The van der Waals surface area contributed by atoms with Crippen LogP contribution in [0, 0.1) is 0 Å². The molecule has 0 unspecified atom stereocenters. The van der Waals surface area contributed by atoms with Crippen molar-refractivity contribution in [1.82, 2.24) is 0 Å². The molecule has 1 aliphatic rings. The van der Waals surface area contributed by atoms with Crippen LogP contribution < -0.4 is 18.9 Å². The normalized spacial score (nSPS) is 14.2. The monoisotopic (exact) mass is 440 g/mol. The van der Waals surface area contributed by atoms with Crippen LogP contribution in [0.25, 0.3) is 5.76 Å². The molecular weight excluding hydrogens is 420 g/mol. The Balaban J connectivity index is 2.07. The van der Waals surface area contributed by atoms with Gasteiger partial charge in [0.15, 0.2) is 6.10 Å². The Labute approximate surface area is 183 Å². The van der Waals surface area contributed by atoms with Gasteiger partial charge in [0.2, 0.25) is 0 Å². The number of esters is 4. The molecule has 0 amide bonds. The second kappa shape index (κ2) is 9.34. The summed E-state index contributed by atoms with van der Waals surface area (Å²) in [6.07, 6.45) is 0.600. The summed E-state index contributed by atoms with van der Waals surface area (Å²) < 4.78 is 26.8. The average molecular weight is 440 g/mol. The van der Waals surface area contributed by atoms with Crippen LogP contribution >= 0.6 is 0 Å². The highest BCUT2D eigenvalue weighted by atomic mass is 16.6. The van der Waals surface area contributed by atoms with Crippen molar-refractivity contribution in [1.29, 1.82) is 0 Å². The van der Waals surface area contributed by atoms with Gasteiger partial charge >= 0.3 is 23.9 Å². The average Bonchev–Trinajstić information content (AvgIpc) is 2.66. The van der Waals surface area contributed by atoms with Gasteiger partial charge in [0, 0.05) is 51.5 Å². The van der Waals surface area contributed by atoms with E-state index < -0.39 is 30.0 Å². The Bertz CT molecular complexity index is 1110. The van der Waals surface area contributed by atoms with E-state index in [-0.39, 0.29) is 22.8 Å². The number of ether oxygens (including phenoxy) is 5. The molecule has 2 aromatic rings. The molecular formula is C23H20O9. The lowest BCUT2D eigenvalue weighted by Gasteiger charge is -2.27. The molecule has 2 aromatic carbocycles. The highest BCUT2D eigenvalue weighted by molar-refractivity contribution is 5.76. The lowest BCUT2D eigenvalue weighted by Crippen LogP contribution is -2.17. The van der Waals surface area contributed by atoms with Gasteiger partial charge in [-0.15, -0.1) is 0 Å². The number of hydrogen-bond donors (Lipinski definition) is 0. The van der Waals surface area contributed by atoms with Crippen molar-refractivity contribution < 1.29 is 42.9 Å². The molecule has 0 bridgehead atoms. The molecule has 0 saturated heterocycles. The van der Waals surface area contributed by atoms with Gasteiger partial charge in [-0.25, -0.2) is 0 Å². The number of benzene rings is 2. The molecule has 3 rings (SSSR count). The second-order valence-corrected chi connectivity index (χ2v) is 6.80. The number of carbonyl (C=O) groups is 4. The molecule has 1 atom stereocenters. The van der Waals surface area contributed by atoms with Crippen molar-refractivity contribution in [3.63, 3.8) is 0 Å². The zero-order valence-corrected chi connectivity index (χ0v) is 17.8. The van der Waals surface area contributed by atoms with E-state index in [0.29, 0.717) is 17.1 Å². The topological polar surface area (TPSA) is 114 Å². The van der Waals surface area contributed by atoms with Crippen LogP contribution in [-0.2, 0) is 23.9 Å². The highest BCUT2D eigenvalue weighted by Gasteiger charge is 2.31. The van der Waals surface area contributed by atoms with E-state index in [0.717, 1.165) is 0 Å². The SMILES string of the molecule is CC(=O)Oc1ccc(C2=C[C@@H](OC(C)=O)c3c(OC(C)=O)cc(OC(C)=O)cc3O2)cc1. The third kappa shape index (κ3) is 5.51. The third-order valence-electron chi connectivity index (χ3n) is 4.09. The number of hydrogen-bond acceptors (Lipinski definition) is 9. The minimum atomic E-state index is -0.944. The molecule has 1 heterocycles. The predicted molar refractivity (Wildman–Crippen MR) is 110 cm³/mol. The van der Waals surface area contributed by atoms with E-state index in [1.807, 2.05) is 0 Å². The van der Waals surface area contributed by atoms with Crippen LogP contribution in [-0.4, -0.2) is 23.9 Å². The van der Waals surface area contributed by atoms with E-state index in [9.17, 15) is 19.2 Å². The molecule has 1 aliphatic heterocycles. The summed E-state index contributed by atoms with van der Waals surface area (Å²) in [6, 6.07) is 9.24. The van der Waals surface area contributed by atoms with Crippen LogP contribution in [0.1, 0.15) is 44.9 Å². The van der Waals surface area contributed by atoms with Gasteiger partial charge in [0.1, 0.15) is 28.8 Å². The summed E-state index contributed by atoms with van der Waals surface area (Å²) in [5, 5.41) is 0. The maximum absolute atomic E-state index is 11.7. The Morgan fingerprint density at radius 3 is 1.91 bits per heavy atom. The molecule has 9 heteroatoms. The van der Waals surface area contributed by atoms with Gasteiger partial charge in [0.25, 0.3) is 0 Å². The van der Waals surface area contributed by atoms with Gasteiger partial charge in [-0.1, -0.05) is 0 Å². The zero-order chi connectivity index (χ0) is 23.4. The Kier molecular flexibility index (Phi) is 6.58. The molecule has 0 saturated carbocycles. The molecule has 0 fully saturated rings. The summed E-state index contributed by atoms with van der Waals surface area (Å²) in [4.78, 5) is 45.9. The minimum absolute atomic E-state index is 0.0259. The fourth-order valence-corrected chi connectivity index (χ4v) is 3.06. The molecule has 0 N–H and O–H groups in total. The van der Waals surface area contributed by atoms with Crippen LogP contribution in [0.4, 0.5) is 0 Å². The minimum Gasteiger partial charge on any atom is -0.456 e. The summed E-state index contributed by atoms with van der Waals surface area (Å²) in [7, 11) is 0. The highest BCUT2D eigenvalue weighted by Crippen LogP contribution is 2.46. The van der Waals surface area contributed by atoms with Gasteiger partial charge in [-0.05, 0) is 24.3 Å². The summed E-state index contributed by atoms with van der Waals surface area (Å²) >= 11 is 0. The van der Waals surface area contributed by atoms with E-state index in [4.69, 9.17) is 23.7 Å². The molecule has 0 spiro atoms. The second-order valence-electron chi connectivity index (χ2n) is 6.80. The van der Waals surface area contributed by atoms with Crippen molar-refractivity contribution in [3.8, 4) is 23.0 Å². The van der Waals surface area contributed by atoms with Gasteiger partial charge < -0.3 is 23.7 Å². The summed E-state index contributed by atoms with van der Waals surface area (Å²) in [6.45, 7) is 4.98. The van der Waals surface area contributed by atoms with E-state index in [2.05, 4.69) is 0 Å². The first-order valence-corrected chi connectivity index (χ1v) is 9.53. The van der Waals surface area contributed by atoms with E-state index >= 15 is 0 Å². The van der Waals surface area contributed by atoms with Crippen LogP contribution in [0.3, 0.4) is 0 Å². The lowest BCUT2D eigenvalue weighted by molar-refractivity contribution is -0.144. The van der Waals surface area contributed by atoms with Crippen molar-refractivity contribution in [2.24, 2.45) is 0 Å². The van der Waals surface area contributed by atoms with Crippen molar-refractivity contribution in [2.75, 3.05) is 0 Å². The first kappa shape index (κ1) is 22.5. The van der Waals surface area contributed by atoms with Gasteiger partial charge in [-0.3, -0.25) is 19.2 Å². The first-order valence-electron chi connectivity index (χ1n) is 9.53. The van der Waals surface area contributed by atoms with Crippen LogP contribution in [0.2, 0.25) is 0 Å². The standard InChI is InChI=1S/C23H20O9/c1-12(24)28-17-7-5-16(6-8-17)19-11-22(31-15(4)27)23-20(30-14(3)26)9-18(29-13(2)25)10-21(23)32-19/h5-11,22H,1-4H3/t22-/m1/s1. The Morgan fingerprint density at radius 1 is 0.750 bits per heavy atom. The molecule has 32 heavy (non-hydrogen) atoms. The number of rotatable bonds is 5. The van der Waals surface area contributed by atoms with E-state index in [1.165, 1.54) is 39.8 Å². The molecule has 0 aromatic heterocycles. The Morgan fingerprint density at radius 2 is 1.34 bits per heavy atom. The van der Waals surface area contributed by atoms with Crippen molar-refractivity contribution >= 4 is 29.6 Å². The predicted octanol–water partition coefficient (Wildman–Crippen LogP) is 3.50. The lowest BCUT2D eigenvalue weighted by atomic mass is 10.0. The maximum atomic E-state index is 11.7. The van der Waals surface area contributed by atoms with Gasteiger partial charge in [-0.2, -0.15) is 0 Å². The summed E-state index contributed by atoms with van der Waals surface area (Å²) in [5.74, 6) is -1.26. The summed E-state index contributed by atoms with van der Waals surface area (Å²) in [5.41, 5.74) is 0.877. The fraction of sp³-hybridized carbons (Fsp3) is 0.217. The molecule has 0 radical (unpaired) electrons. The quantitative estimate of drug-likeness (QED) is 0.509. The van der Waals surface area contributed by atoms with Crippen LogP contribution in [0.5, 0.6) is 23.0 Å².